The molecule has 0 bridgehead atoms. The van der Waals surface area contributed by atoms with Crippen LogP contribution >= 0.6 is 0 Å². The molecule has 0 radical (unpaired) electrons. The summed E-state index contributed by atoms with van der Waals surface area (Å²) in [5, 5.41) is 8.96. The Morgan fingerprint density at radius 2 is 2.06 bits per heavy atom. The van der Waals surface area contributed by atoms with Crippen molar-refractivity contribution in [3.05, 3.63) is 12.7 Å². The lowest BCUT2D eigenvalue weighted by molar-refractivity contribution is -0.193. The molecule has 1 aliphatic rings. The number of nitrogens with zero attached hydrogens (tertiary/aromatic N) is 1. The Labute approximate surface area is 96.7 Å². The first-order valence-electron chi connectivity index (χ1n) is 4.88. The van der Waals surface area contributed by atoms with Gasteiger partial charge in [-0.15, -0.1) is 0 Å². The van der Waals surface area contributed by atoms with Crippen LogP contribution in [-0.2, 0) is 9.53 Å². The van der Waals surface area contributed by atoms with E-state index in [0.29, 0.717) is 4.90 Å². The van der Waals surface area contributed by atoms with Gasteiger partial charge in [0.25, 0.3) is 5.92 Å². The molecule has 0 unspecified atom stereocenters. The van der Waals surface area contributed by atoms with E-state index in [0.717, 1.165) is 7.05 Å². The van der Waals surface area contributed by atoms with Crippen molar-refractivity contribution in [2.24, 2.45) is 0 Å². The van der Waals surface area contributed by atoms with Gasteiger partial charge in [0.1, 0.15) is 6.61 Å². The van der Waals surface area contributed by atoms with Gasteiger partial charge >= 0.3 is 12.1 Å². The van der Waals surface area contributed by atoms with Crippen molar-refractivity contribution in [1.29, 1.82) is 0 Å². The summed E-state index contributed by atoms with van der Waals surface area (Å²) < 4.78 is 30.2. The van der Waals surface area contributed by atoms with Crippen molar-refractivity contribution in [2.75, 3.05) is 13.7 Å². The van der Waals surface area contributed by atoms with E-state index >= 15 is 0 Å². The van der Waals surface area contributed by atoms with Gasteiger partial charge in [-0.2, -0.15) is 0 Å². The fourth-order valence-electron chi connectivity index (χ4n) is 1.74. The lowest BCUT2D eigenvalue weighted by atomic mass is 9.72. The number of amides is 1. The van der Waals surface area contributed by atoms with Crippen LogP contribution in [-0.4, -0.2) is 47.2 Å². The Hall–Kier alpha value is -1.66. The molecule has 5 nitrogen and oxygen atoms in total. The smallest absolute Gasteiger partial charge is 0.410 e. The second-order valence-corrected chi connectivity index (χ2v) is 3.97. The molecule has 0 aromatic rings. The van der Waals surface area contributed by atoms with Crippen LogP contribution in [0.4, 0.5) is 13.6 Å². The van der Waals surface area contributed by atoms with E-state index in [4.69, 9.17) is 5.11 Å². The largest absolute Gasteiger partial charge is 0.479 e. The zero-order chi connectivity index (χ0) is 13.3. The maximum atomic E-state index is 12.8. The zero-order valence-electron chi connectivity index (χ0n) is 9.28. The zero-order valence-corrected chi connectivity index (χ0v) is 9.28. The van der Waals surface area contributed by atoms with Crippen molar-refractivity contribution in [3.63, 3.8) is 0 Å². The summed E-state index contributed by atoms with van der Waals surface area (Å²) in [5.41, 5.74) is -1.87. The first-order chi connectivity index (χ1) is 7.75. The lowest BCUT2D eigenvalue weighted by Crippen LogP contribution is -2.67. The van der Waals surface area contributed by atoms with Gasteiger partial charge in [0.2, 0.25) is 0 Å². The highest BCUT2D eigenvalue weighted by Gasteiger charge is 2.65. The van der Waals surface area contributed by atoms with E-state index < -0.39 is 36.4 Å². The van der Waals surface area contributed by atoms with E-state index in [9.17, 15) is 18.4 Å². The molecule has 1 N–H and O–H groups in total. The summed E-state index contributed by atoms with van der Waals surface area (Å²) in [6.07, 6.45) is -1.44. The third-order valence-electron chi connectivity index (χ3n) is 2.74. The second kappa shape index (κ2) is 4.31. The minimum absolute atomic E-state index is 0.102. The fourth-order valence-corrected chi connectivity index (χ4v) is 1.74. The van der Waals surface area contributed by atoms with Crippen molar-refractivity contribution >= 4 is 12.1 Å². The van der Waals surface area contributed by atoms with E-state index in [2.05, 4.69) is 11.3 Å². The minimum atomic E-state index is -3.05. The number of carboxylic acid groups (broad SMARTS) is 1. The van der Waals surface area contributed by atoms with Crippen LogP contribution in [0.2, 0.25) is 0 Å². The molecular weight excluding hydrogens is 236 g/mol. The summed E-state index contributed by atoms with van der Waals surface area (Å²) in [7, 11) is 1.13. The van der Waals surface area contributed by atoms with Gasteiger partial charge in [-0.25, -0.2) is 18.4 Å². The van der Waals surface area contributed by atoms with Gasteiger partial charge < -0.3 is 9.84 Å². The molecule has 0 spiro atoms. The van der Waals surface area contributed by atoms with Crippen LogP contribution in [0.15, 0.2) is 12.7 Å². The third kappa shape index (κ3) is 2.37. The van der Waals surface area contributed by atoms with Crippen molar-refractivity contribution in [2.45, 2.75) is 24.3 Å². The molecule has 96 valence electrons. The van der Waals surface area contributed by atoms with E-state index in [-0.39, 0.29) is 6.61 Å². The first kappa shape index (κ1) is 13.4. The van der Waals surface area contributed by atoms with Crippen LogP contribution in [0.3, 0.4) is 0 Å². The second-order valence-electron chi connectivity index (χ2n) is 3.97. The van der Waals surface area contributed by atoms with E-state index in [1.165, 1.54) is 6.08 Å². The predicted molar refractivity (Wildman–Crippen MR) is 53.9 cm³/mol. The number of carboxylic acids is 1. The number of hydrogen-bond donors (Lipinski definition) is 1. The number of hydrogen-bond acceptors (Lipinski definition) is 3. The molecule has 17 heavy (non-hydrogen) atoms. The molecular formula is C10H13F2NO4. The highest BCUT2D eigenvalue weighted by molar-refractivity contribution is 5.86. The van der Waals surface area contributed by atoms with Gasteiger partial charge in [0, 0.05) is 19.9 Å². The summed E-state index contributed by atoms with van der Waals surface area (Å²) in [4.78, 5) is 23.1. The molecule has 1 rings (SSSR count). The molecule has 0 heterocycles. The normalized spacial score (nSPS) is 19.9. The number of carbonyl (C=O) groups is 2. The third-order valence-corrected chi connectivity index (χ3v) is 2.74. The number of rotatable bonds is 4. The van der Waals surface area contributed by atoms with Crippen LogP contribution < -0.4 is 0 Å². The summed E-state index contributed by atoms with van der Waals surface area (Å²) >= 11 is 0. The molecule has 1 fully saturated rings. The number of carbonyl (C=O) groups excluding carboxylic acids is 1. The molecule has 0 saturated heterocycles. The SMILES string of the molecule is C=CCOC(=O)N(C)C1(C(=O)O)CC(F)(F)C1. The Balaban J connectivity index is 2.77. The highest BCUT2D eigenvalue weighted by atomic mass is 19.3. The Bertz CT molecular complexity index is 348. The number of aliphatic carboxylic acids is 1. The molecule has 1 aliphatic carbocycles. The molecule has 0 atom stereocenters. The first-order valence-corrected chi connectivity index (χ1v) is 4.88. The highest BCUT2D eigenvalue weighted by Crippen LogP contribution is 2.49. The summed E-state index contributed by atoms with van der Waals surface area (Å²) in [6, 6.07) is 0. The number of alkyl halides is 2. The molecule has 1 amide bonds. The maximum absolute atomic E-state index is 12.8. The predicted octanol–water partition coefficient (Wildman–Crippen LogP) is 1.49. The molecule has 7 heteroatoms. The van der Waals surface area contributed by atoms with Gasteiger partial charge in [0.05, 0.1) is 0 Å². The van der Waals surface area contributed by atoms with Gasteiger partial charge in [-0.1, -0.05) is 12.7 Å². The minimum Gasteiger partial charge on any atom is -0.479 e. The van der Waals surface area contributed by atoms with Gasteiger partial charge in [-0.05, 0) is 0 Å². The number of likely N-dealkylation sites (N-methyl/N-ethyl adjacent to an activating group) is 1. The van der Waals surface area contributed by atoms with Crippen molar-refractivity contribution < 1.29 is 28.2 Å². The van der Waals surface area contributed by atoms with Crippen LogP contribution in [0.25, 0.3) is 0 Å². The Morgan fingerprint density at radius 3 is 2.41 bits per heavy atom. The van der Waals surface area contributed by atoms with Crippen molar-refractivity contribution in [3.8, 4) is 0 Å². The monoisotopic (exact) mass is 249 g/mol. The summed E-state index contributed by atoms with van der Waals surface area (Å²) in [6.45, 7) is 3.21. The number of halogens is 2. The van der Waals surface area contributed by atoms with Gasteiger partial charge in [0.15, 0.2) is 5.54 Å². The average Bonchev–Trinajstić information content (AvgIpc) is 2.20. The van der Waals surface area contributed by atoms with E-state index in [1.54, 1.807) is 0 Å². The Morgan fingerprint density at radius 1 is 1.53 bits per heavy atom. The molecule has 0 aromatic heterocycles. The topological polar surface area (TPSA) is 66.8 Å². The van der Waals surface area contributed by atoms with E-state index in [1.807, 2.05) is 0 Å². The lowest BCUT2D eigenvalue weighted by Gasteiger charge is -2.48. The summed E-state index contributed by atoms with van der Waals surface area (Å²) in [5.74, 6) is -4.51. The average molecular weight is 249 g/mol. The fraction of sp³-hybridized carbons (Fsp3) is 0.600. The van der Waals surface area contributed by atoms with Crippen molar-refractivity contribution in [1.82, 2.24) is 4.90 Å². The maximum Gasteiger partial charge on any atom is 0.410 e. The standard InChI is InChI=1S/C10H13F2NO4/c1-3-4-17-8(16)13(2)9(7(14)15)5-10(11,12)6-9/h3H,1,4-6H2,2H3,(H,14,15). The molecule has 1 saturated carbocycles. The van der Waals surface area contributed by atoms with Crippen LogP contribution in [0.5, 0.6) is 0 Å². The van der Waals surface area contributed by atoms with Gasteiger partial charge in [-0.3, -0.25) is 4.90 Å². The Kier molecular flexibility index (Phi) is 3.40. The molecule has 0 aliphatic heterocycles. The van der Waals surface area contributed by atoms with Crippen LogP contribution in [0, 0.1) is 0 Å². The quantitative estimate of drug-likeness (QED) is 0.766. The molecule has 0 aromatic carbocycles. The van der Waals surface area contributed by atoms with Crippen LogP contribution in [0.1, 0.15) is 12.8 Å². The number of ether oxygens (including phenoxy) is 1.